The molecule has 4 nitrogen and oxygen atoms in total. The summed E-state index contributed by atoms with van der Waals surface area (Å²) in [5.74, 6) is 0. The number of hydrogen-bond donors (Lipinski definition) is 2. The van der Waals surface area contributed by atoms with E-state index in [0.29, 0.717) is 5.46 Å². The number of benzene rings is 10. The third kappa shape index (κ3) is 8.79. The largest absolute Gasteiger partial charge is 1.00 e. The molecule has 0 unspecified atom stereocenters. The van der Waals surface area contributed by atoms with Gasteiger partial charge in [0.2, 0.25) is 0 Å². The summed E-state index contributed by atoms with van der Waals surface area (Å²) in [5.41, 5.74) is 23.7. The Morgan fingerprint density at radius 3 is 1.19 bits per heavy atom. The topological polar surface area (TPSA) is 46.9 Å². The summed E-state index contributed by atoms with van der Waals surface area (Å²) in [7, 11) is -1.51. The van der Waals surface area contributed by atoms with E-state index in [-0.39, 0.29) is 47.9 Å². The van der Waals surface area contributed by atoms with Gasteiger partial charge in [-0.25, -0.2) is 0 Å². The number of fused-ring (bicyclic) bond motifs is 16. The minimum atomic E-state index is -1.51. The van der Waals surface area contributed by atoms with Crippen LogP contribution in [0.3, 0.4) is 0 Å². The molecular weight excluding hydrogens is 1150 g/mol. The maximum atomic E-state index is 10.1. The van der Waals surface area contributed by atoms with Gasteiger partial charge >= 0.3 is 26.0 Å². The van der Waals surface area contributed by atoms with Crippen molar-refractivity contribution < 1.29 is 28.9 Å². The van der Waals surface area contributed by atoms with Gasteiger partial charge in [-0.05, 0) is 143 Å². The maximum Gasteiger partial charge on any atom is 1.00 e. The third-order valence-electron chi connectivity index (χ3n) is 19.0. The van der Waals surface area contributed by atoms with Gasteiger partial charge in [-0.15, -0.1) is 22.7 Å². The van der Waals surface area contributed by atoms with Crippen LogP contribution in [-0.2, 0) is 21.7 Å². The molecule has 0 fully saturated rings. The molecule has 424 valence electrons. The van der Waals surface area contributed by atoms with Gasteiger partial charge < -0.3 is 26.8 Å². The van der Waals surface area contributed by atoms with E-state index in [9.17, 15) is 10.0 Å². The predicted octanol–water partition coefficient (Wildman–Crippen LogP) is 18.6. The van der Waals surface area contributed by atoms with Crippen LogP contribution in [0.2, 0.25) is 0 Å². The second-order valence-corrected chi connectivity index (χ2v) is 28.1. The monoisotopic (exact) mass is 1220 g/mol. The number of anilines is 6. The van der Waals surface area contributed by atoms with Crippen molar-refractivity contribution in [3.05, 3.63) is 250 Å². The molecule has 12 aromatic rings. The molecule has 86 heavy (non-hydrogen) atoms. The van der Waals surface area contributed by atoms with E-state index < -0.39 is 7.12 Å². The summed E-state index contributed by atoms with van der Waals surface area (Å²) in [4.78, 5) is 4.99. The average molecular weight is 1220 g/mol. The van der Waals surface area contributed by atoms with E-state index in [0.717, 1.165) is 36.8 Å². The van der Waals surface area contributed by atoms with Crippen molar-refractivity contribution in [3.8, 4) is 22.3 Å². The van der Waals surface area contributed by atoms with Crippen LogP contribution < -0.4 is 34.1 Å². The van der Waals surface area contributed by atoms with E-state index in [4.69, 9.17) is 0 Å². The van der Waals surface area contributed by atoms with Crippen LogP contribution in [0, 0.1) is 6.92 Å². The fourth-order valence-electron chi connectivity index (χ4n) is 14.5. The number of halogens is 1. The molecule has 4 heterocycles. The molecule has 2 N–H and O–H groups in total. The Hall–Kier alpha value is -6.70. The van der Waals surface area contributed by atoms with Crippen LogP contribution in [0.1, 0.15) is 127 Å². The second kappa shape index (κ2) is 21.9. The second-order valence-electron chi connectivity index (χ2n) is 25.2. The zero-order chi connectivity index (χ0) is 58.4. The molecule has 2 aliphatic heterocycles. The van der Waals surface area contributed by atoms with E-state index in [1.54, 1.807) is 17.4 Å². The van der Waals surface area contributed by atoms with E-state index in [2.05, 4.69) is 277 Å². The first kappa shape index (κ1) is 59.6. The van der Waals surface area contributed by atoms with Crippen molar-refractivity contribution in [1.82, 2.24) is 0 Å². The Morgan fingerprint density at radius 1 is 0.395 bits per heavy atom. The van der Waals surface area contributed by atoms with Gasteiger partial charge in [0.1, 0.15) is 0 Å². The molecule has 2 aliphatic carbocycles. The first-order chi connectivity index (χ1) is 40.4. The van der Waals surface area contributed by atoms with Gasteiger partial charge in [0, 0.05) is 57.1 Å². The minimum Gasteiger partial charge on any atom is -0.423 e. The van der Waals surface area contributed by atoms with Crippen LogP contribution in [0.25, 0.3) is 62.6 Å². The van der Waals surface area contributed by atoms with Crippen molar-refractivity contribution in [1.29, 1.82) is 0 Å². The molecule has 0 saturated carbocycles. The first-order valence-electron chi connectivity index (χ1n) is 29.5. The van der Waals surface area contributed by atoms with Gasteiger partial charge in [-0.3, -0.25) is 0 Å². The SMILES string of the molecule is C.CC1(C)c2ccccc2-c2cc3c(cc21)N(c1cccc2c1sc1c(B(O)O)cccc12)c1ccccc1C3(C)C.CC1(C)c2ccccc2-c2cc3c(cc21)N(c1cccc2c1sc1c(Br)cccc12)c1ccccc1C3(C)C.[CH2-]CCC.[Li+]. The van der Waals surface area contributed by atoms with Gasteiger partial charge in [-0.2, -0.15) is 6.42 Å². The zero-order valence-corrected chi connectivity index (χ0v) is 53.4. The van der Waals surface area contributed by atoms with Gasteiger partial charge in [0.15, 0.2) is 0 Å². The van der Waals surface area contributed by atoms with Crippen molar-refractivity contribution in [3.63, 3.8) is 0 Å². The number of thiophene rings is 2. The summed E-state index contributed by atoms with van der Waals surface area (Å²) >= 11 is 7.34. The van der Waals surface area contributed by atoms with Gasteiger partial charge in [0.05, 0.1) is 43.5 Å². The molecular formula is C77H71BBrLiN2O2S2. The summed E-state index contributed by atoms with van der Waals surface area (Å²) < 4.78 is 5.84. The van der Waals surface area contributed by atoms with Crippen molar-refractivity contribution in [2.45, 2.75) is 104 Å². The molecule has 2 aromatic heterocycles. The Balaban J connectivity index is 0.000000155. The molecule has 0 atom stereocenters. The Bertz CT molecular complexity index is 4680. The Morgan fingerprint density at radius 2 is 0.744 bits per heavy atom. The molecule has 0 radical (unpaired) electrons. The molecule has 9 heteroatoms. The number of para-hydroxylation sites is 2. The summed E-state index contributed by atoms with van der Waals surface area (Å²) in [6.45, 7) is 24.6. The number of hydrogen-bond acceptors (Lipinski definition) is 6. The van der Waals surface area contributed by atoms with Crippen molar-refractivity contribution in [2.24, 2.45) is 0 Å². The zero-order valence-electron chi connectivity index (χ0n) is 50.2. The summed E-state index contributed by atoms with van der Waals surface area (Å²) in [6, 6.07) is 71.1. The summed E-state index contributed by atoms with van der Waals surface area (Å²) in [6.07, 6.45) is 2.28. The van der Waals surface area contributed by atoms with Gasteiger partial charge in [-0.1, -0.05) is 216 Å². The van der Waals surface area contributed by atoms with E-state index in [1.165, 1.54) is 122 Å². The fraction of sp³-hybridized carbons (Fsp3) is 0.208. The molecule has 4 aliphatic rings. The molecule has 0 spiro atoms. The Labute approximate surface area is 536 Å². The Kier molecular flexibility index (Phi) is 15.2. The van der Waals surface area contributed by atoms with Crippen LogP contribution in [0.5, 0.6) is 0 Å². The third-order valence-corrected chi connectivity index (χ3v) is 22.5. The predicted molar refractivity (Wildman–Crippen MR) is 372 cm³/mol. The van der Waals surface area contributed by atoms with Crippen molar-refractivity contribution >= 4 is 126 Å². The molecule has 16 rings (SSSR count). The molecule has 0 bridgehead atoms. The normalized spacial score (nSPS) is 15.3. The fourth-order valence-corrected chi connectivity index (χ4v) is 17.6. The quantitative estimate of drug-likeness (QED) is 0.136. The van der Waals surface area contributed by atoms with E-state index >= 15 is 0 Å². The minimum absolute atomic E-state index is 0. The van der Waals surface area contributed by atoms with Crippen LogP contribution >= 0.6 is 38.6 Å². The smallest absolute Gasteiger partial charge is 0.423 e. The summed E-state index contributed by atoms with van der Waals surface area (Å²) in [5, 5.41) is 25.1. The first-order valence-corrected chi connectivity index (χ1v) is 31.9. The van der Waals surface area contributed by atoms with Crippen molar-refractivity contribution in [2.75, 3.05) is 9.80 Å². The molecule has 10 aromatic carbocycles. The van der Waals surface area contributed by atoms with Crippen LogP contribution in [0.4, 0.5) is 34.1 Å². The number of unbranched alkanes of at least 4 members (excludes halogenated alkanes) is 1. The number of nitrogens with zero attached hydrogens (tertiary/aromatic N) is 2. The molecule has 0 amide bonds. The standard InChI is InChI=1S/C36H30BNO2S.C36H28BrNS.C4H9.CH4.Li/c1-35(2)25-14-6-5-11-21(25)24-19-28-32(20-27(24)35)38(30-17-8-7-15-26(30)36(28,3)4)31-18-10-13-23-22-12-9-16-29(37(39)40)33(22)41-34(23)31;1-35(2)25-14-6-5-11-21(25)24-19-28-32(20-27(24)35)38(30-17-8-7-15-26(30)36(28,3)4)31-18-10-13-23-22-12-9-16-29(37)33(22)39-34(23)31;1-3-4-2;;/h5-20,39-40H,1-4H3;5-20H,1-4H3;1,3-4H2,2H3;1H4;/q;;-1;;+1. The van der Waals surface area contributed by atoms with Crippen LogP contribution in [-0.4, -0.2) is 17.2 Å². The van der Waals surface area contributed by atoms with Gasteiger partial charge in [0.25, 0.3) is 0 Å². The van der Waals surface area contributed by atoms with E-state index in [1.807, 2.05) is 17.4 Å². The number of rotatable bonds is 4. The van der Waals surface area contributed by atoms with Crippen LogP contribution in [0.15, 0.2) is 199 Å². The average Bonchev–Trinajstić information content (AvgIpc) is 1.31. The maximum absolute atomic E-state index is 10.1. The molecule has 0 saturated heterocycles.